The minimum atomic E-state index is -0.502. The van der Waals surface area contributed by atoms with E-state index in [1.165, 1.54) is 0 Å². The second-order valence-electron chi connectivity index (χ2n) is 4.05. The summed E-state index contributed by atoms with van der Waals surface area (Å²) < 4.78 is 0. The van der Waals surface area contributed by atoms with Crippen molar-refractivity contribution in [3.63, 3.8) is 0 Å². The Kier molecular flexibility index (Phi) is 5.66. The number of benzene rings is 1. The summed E-state index contributed by atoms with van der Waals surface area (Å²) in [4.78, 5) is 11.7. The predicted molar refractivity (Wildman–Crippen MR) is 67.3 cm³/mol. The molecule has 2 atom stereocenters. The van der Waals surface area contributed by atoms with Gasteiger partial charge in [0.25, 0.3) is 0 Å². The first kappa shape index (κ1) is 13.7. The highest BCUT2D eigenvalue weighted by molar-refractivity contribution is 5.81. The quantitative estimate of drug-likeness (QED) is 0.688. The standard InChI is InChI=1S/C13H20N2O2/c1-2-6-11(14)13(17)15-12(9-16)10-7-4-3-5-8-10/h3-5,7-8,11-12,16H,2,6,9,14H2,1H3,(H,15,17)/t11-,12?/m0/s1. The number of nitrogens with two attached hydrogens (primary N) is 1. The maximum Gasteiger partial charge on any atom is 0.237 e. The molecule has 0 saturated carbocycles. The van der Waals surface area contributed by atoms with Crippen LogP contribution in [-0.4, -0.2) is 23.7 Å². The van der Waals surface area contributed by atoms with Gasteiger partial charge in [-0.05, 0) is 12.0 Å². The summed E-state index contributed by atoms with van der Waals surface area (Å²) in [6, 6.07) is 8.48. The van der Waals surface area contributed by atoms with Gasteiger partial charge in [0.05, 0.1) is 18.7 Å². The maximum atomic E-state index is 11.7. The third-order valence-corrected chi connectivity index (χ3v) is 2.64. The summed E-state index contributed by atoms with van der Waals surface area (Å²) in [5.74, 6) is -0.213. The molecule has 1 amide bonds. The number of carbonyl (C=O) groups is 1. The van der Waals surface area contributed by atoms with Crippen molar-refractivity contribution in [1.82, 2.24) is 5.32 Å². The molecule has 0 aliphatic rings. The number of carbonyl (C=O) groups excluding carboxylic acids is 1. The zero-order valence-electron chi connectivity index (χ0n) is 10.1. The van der Waals surface area contributed by atoms with Crippen LogP contribution in [0.2, 0.25) is 0 Å². The van der Waals surface area contributed by atoms with E-state index in [9.17, 15) is 9.90 Å². The molecule has 1 aromatic rings. The van der Waals surface area contributed by atoms with Crippen molar-refractivity contribution >= 4 is 5.91 Å². The van der Waals surface area contributed by atoms with Crippen LogP contribution in [0.25, 0.3) is 0 Å². The lowest BCUT2D eigenvalue weighted by molar-refractivity contribution is -0.123. The second kappa shape index (κ2) is 7.04. The molecule has 0 radical (unpaired) electrons. The average molecular weight is 236 g/mol. The highest BCUT2D eigenvalue weighted by Gasteiger charge is 2.17. The lowest BCUT2D eigenvalue weighted by Crippen LogP contribution is -2.43. The normalized spacial score (nSPS) is 14.1. The van der Waals surface area contributed by atoms with E-state index in [0.717, 1.165) is 12.0 Å². The highest BCUT2D eigenvalue weighted by Crippen LogP contribution is 2.11. The van der Waals surface area contributed by atoms with Gasteiger partial charge < -0.3 is 16.2 Å². The molecule has 1 unspecified atom stereocenters. The number of hydrogen-bond donors (Lipinski definition) is 3. The smallest absolute Gasteiger partial charge is 0.237 e. The molecule has 0 bridgehead atoms. The lowest BCUT2D eigenvalue weighted by Gasteiger charge is -2.19. The van der Waals surface area contributed by atoms with Crippen LogP contribution in [0.4, 0.5) is 0 Å². The Morgan fingerprint density at radius 2 is 2.06 bits per heavy atom. The molecule has 0 saturated heterocycles. The van der Waals surface area contributed by atoms with Crippen LogP contribution >= 0.6 is 0 Å². The zero-order chi connectivity index (χ0) is 12.7. The van der Waals surface area contributed by atoms with Crippen LogP contribution in [0, 0.1) is 0 Å². The number of rotatable bonds is 6. The van der Waals surface area contributed by atoms with Crippen molar-refractivity contribution in [3.8, 4) is 0 Å². The van der Waals surface area contributed by atoms with Crippen LogP contribution < -0.4 is 11.1 Å². The van der Waals surface area contributed by atoms with Crippen molar-refractivity contribution < 1.29 is 9.90 Å². The molecule has 1 rings (SSSR count). The van der Waals surface area contributed by atoms with E-state index in [4.69, 9.17) is 5.73 Å². The number of hydrogen-bond acceptors (Lipinski definition) is 3. The molecule has 0 aliphatic carbocycles. The van der Waals surface area contributed by atoms with E-state index in [-0.39, 0.29) is 18.6 Å². The Morgan fingerprint density at radius 1 is 1.41 bits per heavy atom. The van der Waals surface area contributed by atoms with Crippen LogP contribution in [0.15, 0.2) is 30.3 Å². The Bertz CT molecular complexity index is 341. The molecule has 4 heteroatoms. The van der Waals surface area contributed by atoms with Crippen LogP contribution in [0.1, 0.15) is 31.4 Å². The summed E-state index contributed by atoms with van der Waals surface area (Å²) in [5.41, 5.74) is 6.60. The van der Waals surface area contributed by atoms with Crippen LogP contribution in [0.3, 0.4) is 0 Å². The van der Waals surface area contributed by atoms with E-state index in [1.807, 2.05) is 37.3 Å². The van der Waals surface area contributed by atoms with Crippen LogP contribution in [-0.2, 0) is 4.79 Å². The van der Waals surface area contributed by atoms with E-state index < -0.39 is 6.04 Å². The number of aliphatic hydroxyl groups excluding tert-OH is 1. The summed E-state index contributed by atoms with van der Waals surface area (Å²) in [7, 11) is 0. The third kappa shape index (κ3) is 4.17. The largest absolute Gasteiger partial charge is 0.394 e. The minimum absolute atomic E-state index is 0.130. The zero-order valence-corrected chi connectivity index (χ0v) is 10.1. The predicted octanol–water partition coefficient (Wildman–Crippen LogP) is 0.964. The fourth-order valence-electron chi connectivity index (χ4n) is 1.64. The fourth-order valence-corrected chi connectivity index (χ4v) is 1.64. The van der Waals surface area contributed by atoms with Gasteiger partial charge in [0, 0.05) is 0 Å². The second-order valence-corrected chi connectivity index (χ2v) is 4.05. The summed E-state index contributed by atoms with van der Waals surface area (Å²) in [6.45, 7) is 1.85. The van der Waals surface area contributed by atoms with Crippen molar-refractivity contribution in [2.75, 3.05) is 6.61 Å². The van der Waals surface area contributed by atoms with Crippen molar-refractivity contribution in [3.05, 3.63) is 35.9 Å². The SMILES string of the molecule is CCC[C@H](N)C(=O)NC(CO)c1ccccc1. The molecular formula is C13H20N2O2. The summed E-state index contributed by atoms with van der Waals surface area (Å²) in [5, 5.41) is 12.0. The van der Waals surface area contributed by atoms with E-state index in [1.54, 1.807) is 0 Å². The average Bonchev–Trinajstić information content (AvgIpc) is 2.37. The number of aliphatic hydroxyl groups is 1. The van der Waals surface area contributed by atoms with Crippen LogP contribution in [0.5, 0.6) is 0 Å². The van der Waals surface area contributed by atoms with E-state index in [0.29, 0.717) is 6.42 Å². The van der Waals surface area contributed by atoms with Gasteiger partial charge in [-0.1, -0.05) is 43.7 Å². The van der Waals surface area contributed by atoms with Gasteiger partial charge in [0.1, 0.15) is 0 Å². The topological polar surface area (TPSA) is 75.4 Å². The van der Waals surface area contributed by atoms with Gasteiger partial charge in [-0.15, -0.1) is 0 Å². The van der Waals surface area contributed by atoms with Gasteiger partial charge in [-0.3, -0.25) is 4.79 Å². The molecule has 0 aromatic heterocycles. The Labute approximate surface area is 102 Å². The number of amides is 1. The monoisotopic (exact) mass is 236 g/mol. The maximum absolute atomic E-state index is 11.7. The van der Waals surface area contributed by atoms with Crippen molar-refractivity contribution in [1.29, 1.82) is 0 Å². The van der Waals surface area contributed by atoms with E-state index in [2.05, 4.69) is 5.32 Å². The Hall–Kier alpha value is -1.39. The third-order valence-electron chi connectivity index (χ3n) is 2.64. The lowest BCUT2D eigenvalue weighted by atomic mass is 10.1. The molecule has 17 heavy (non-hydrogen) atoms. The number of nitrogens with one attached hydrogen (secondary N) is 1. The molecule has 94 valence electrons. The molecule has 4 N–H and O–H groups in total. The Morgan fingerprint density at radius 3 is 2.59 bits per heavy atom. The molecule has 0 fully saturated rings. The van der Waals surface area contributed by atoms with Gasteiger partial charge in [0.2, 0.25) is 5.91 Å². The Balaban J connectivity index is 2.62. The molecule has 0 aliphatic heterocycles. The first-order valence-corrected chi connectivity index (χ1v) is 5.90. The van der Waals surface area contributed by atoms with Gasteiger partial charge in [-0.25, -0.2) is 0 Å². The molecule has 1 aromatic carbocycles. The molecule has 0 spiro atoms. The molecule has 0 heterocycles. The van der Waals surface area contributed by atoms with Crippen molar-refractivity contribution in [2.45, 2.75) is 31.8 Å². The van der Waals surface area contributed by atoms with E-state index >= 15 is 0 Å². The summed E-state index contributed by atoms with van der Waals surface area (Å²) in [6.07, 6.45) is 1.52. The first-order valence-electron chi connectivity index (χ1n) is 5.90. The van der Waals surface area contributed by atoms with Crippen molar-refractivity contribution in [2.24, 2.45) is 5.73 Å². The fraction of sp³-hybridized carbons (Fsp3) is 0.462. The first-order chi connectivity index (χ1) is 8.19. The van der Waals surface area contributed by atoms with Gasteiger partial charge in [-0.2, -0.15) is 0 Å². The minimum Gasteiger partial charge on any atom is -0.394 e. The summed E-state index contributed by atoms with van der Waals surface area (Å²) >= 11 is 0. The molecule has 4 nitrogen and oxygen atoms in total. The van der Waals surface area contributed by atoms with Gasteiger partial charge >= 0.3 is 0 Å². The molecular weight excluding hydrogens is 216 g/mol. The highest BCUT2D eigenvalue weighted by atomic mass is 16.3. The van der Waals surface area contributed by atoms with Gasteiger partial charge in [0.15, 0.2) is 0 Å².